The van der Waals surface area contributed by atoms with Gasteiger partial charge in [-0.05, 0) is 82.8 Å². The molecule has 2 aliphatic heterocycles. The number of hydrogen-bond acceptors (Lipinski definition) is 8. The van der Waals surface area contributed by atoms with Crippen LogP contribution in [-0.2, 0) is 4.79 Å². The highest BCUT2D eigenvalue weighted by molar-refractivity contribution is 5.98. The van der Waals surface area contributed by atoms with Gasteiger partial charge in [-0.15, -0.1) is 0 Å². The van der Waals surface area contributed by atoms with Crippen molar-refractivity contribution in [3.05, 3.63) is 73.1 Å². The fraction of sp³-hybridized carbons (Fsp3) is 0.375. The van der Waals surface area contributed by atoms with Gasteiger partial charge in [0, 0.05) is 37.3 Å². The van der Waals surface area contributed by atoms with Crippen molar-refractivity contribution in [3.63, 3.8) is 0 Å². The van der Waals surface area contributed by atoms with Crippen LogP contribution in [0.3, 0.4) is 0 Å². The smallest absolute Gasteiger partial charge is 0.246 e. The molecule has 6 rings (SSSR count). The van der Waals surface area contributed by atoms with Gasteiger partial charge in [0.1, 0.15) is 29.3 Å². The third-order valence-electron chi connectivity index (χ3n) is 8.41. The summed E-state index contributed by atoms with van der Waals surface area (Å²) in [7, 11) is 4.32. The van der Waals surface area contributed by atoms with Gasteiger partial charge in [-0.25, -0.2) is 14.6 Å². The third kappa shape index (κ3) is 6.00. The van der Waals surface area contributed by atoms with E-state index in [1.54, 1.807) is 6.08 Å². The highest BCUT2D eigenvalue weighted by atomic mass is 16.5. The normalized spacial score (nSPS) is 18.5. The number of benzene rings is 2. The van der Waals surface area contributed by atoms with Crippen LogP contribution in [0, 0.1) is 0 Å². The summed E-state index contributed by atoms with van der Waals surface area (Å²) in [5.74, 6) is 1.92. The van der Waals surface area contributed by atoms with E-state index >= 15 is 0 Å². The Hall–Kier alpha value is -4.28. The number of carbonyl (C=O) groups is 1. The lowest BCUT2D eigenvalue weighted by Gasteiger charge is -2.34. The van der Waals surface area contributed by atoms with E-state index in [2.05, 4.69) is 33.9 Å². The Kier molecular flexibility index (Phi) is 8.16. The van der Waals surface area contributed by atoms with E-state index < -0.39 is 0 Å². The number of likely N-dealkylation sites (tertiary alicyclic amines) is 2. The van der Waals surface area contributed by atoms with Crippen LogP contribution in [0.25, 0.3) is 22.3 Å². The van der Waals surface area contributed by atoms with E-state index in [-0.39, 0.29) is 11.9 Å². The fourth-order valence-electron chi connectivity index (χ4n) is 5.91. The van der Waals surface area contributed by atoms with Crippen molar-refractivity contribution in [2.24, 2.45) is 0 Å². The largest absolute Gasteiger partial charge is 0.457 e. The number of aromatic nitrogens is 4. The molecule has 2 aromatic heterocycles. The maximum Gasteiger partial charge on any atom is 0.246 e. The van der Waals surface area contributed by atoms with Crippen LogP contribution in [0.4, 0.5) is 5.82 Å². The predicted molar refractivity (Wildman–Crippen MR) is 164 cm³/mol. The number of ether oxygens (including phenoxy) is 1. The van der Waals surface area contributed by atoms with Crippen molar-refractivity contribution in [2.75, 3.05) is 52.6 Å². The van der Waals surface area contributed by atoms with E-state index in [4.69, 9.17) is 15.6 Å². The number of anilines is 1. The molecule has 1 amide bonds. The van der Waals surface area contributed by atoms with Crippen LogP contribution in [0.2, 0.25) is 0 Å². The summed E-state index contributed by atoms with van der Waals surface area (Å²) >= 11 is 0. The Labute approximate surface area is 246 Å². The van der Waals surface area contributed by atoms with Gasteiger partial charge in [-0.1, -0.05) is 24.3 Å². The highest BCUT2D eigenvalue weighted by Gasteiger charge is 2.30. The minimum Gasteiger partial charge on any atom is -0.457 e. The van der Waals surface area contributed by atoms with Crippen molar-refractivity contribution >= 4 is 22.8 Å². The zero-order valence-corrected chi connectivity index (χ0v) is 24.3. The number of carbonyl (C=O) groups excluding carboxylic acids is 1. The number of nitrogens with zero attached hydrogens (tertiary/aromatic N) is 7. The Balaban J connectivity index is 1.14. The van der Waals surface area contributed by atoms with Gasteiger partial charge in [0.25, 0.3) is 0 Å². The van der Waals surface area contributed by atoms with Crippen LogP contribution in [-0.4, -0.2) is 93.2 Å². The Morgan fingerprint density at radius 3 is 2.52 bits per heavy atom. The topological polar surface area (TPSA) is 106 Å². The lowest BCUT2D eigenvalue weighted by atomic mass is 10.0. The third-order valence-corrected chi connectivity index (χ3v) is 8.41. The zero-order valence-electron chi connectivity index (χ0n) is 24.3. The van der Waals surface area contributed by atoms with Crippen LogP contribution in [0.5, 0.6) is 11.5 Å². The quantitative estimate of drug-likeness (QED) is 0.316. The standard InChI is InChI=1S/C32H38N8O2/c1-37-18-14-24(15-19-37)38(2)17-6-9-28(41)39-20-16-25(21-39)40-32-29(31(33)34-22-35-32)30(36-40)23-10-12-27(13-11-23)42-26-7-4-3-5-8-26/h3-13,22,24-25H,14-21H2,1-2H3,(H2,33,34,35). The van der Waals surface area contributed by atoms with Gasteiger partial charge in [-0.2, -0.15) is 5.10 Å². The zero-order chi connectivity index (χ0) is 29.1. The minimum atomic E-state index is -0.00418. The molecule has 4 heterocycles. The summed E-state index contributed by atoms with van der Waals surface area (Å²) in [6.45, 7) is 4.26. The van der Waals surface area contributed by atoms with Crippen molar-refractivity contribution in [3.8, 4) is 22.8 Å². The first-order chi connectivity index (χ1) is 20.5. The number of hydrogen-bond donors (Lipinski definition) is 1. The molecule has 2 saturated heterocycles. The first kappa shape index (κ1) is 27.9. The summed E-state index contributed by atoms with van der Waals surface area (Å²) in [4.78, 5) is 28.5. The summed E-state index contributed by atoms with van der Waals surface area (Å²) in [6.07, 6.45) is 8.31. The Bertz CT molecular complexity index is 1540. The van der Waals surface area contributed by atoms with Gasteiger partial charge in [0.15, 0.2) is 5.65 Å². The van der Waals surface area contributed by atoms with E-state index in [9.17, 15) is 4.79 Å². The van der Waals surface area contributed by atoms with E-state index in [0.29, 0.717) is 30.6 Å². The lowest BCUT2D eigenvalue weighted by molar-refractivity contribution is -0.125. The molecule has 1 atom stereocenters. The van der Waals surface area contributed by atoms with E-state index in [1.165, 1.54) is 19.2 Å². The molecule has 4 aromatic rings. The molecule has 0 spiro atoms. The van der Waals surface area contributed by atoms with E-state index in [0.717, 1.165) is 54.2 Å². The summed E-state index contributed by atoms with van der Waals surface area (Å²) in [5, 5.41) is 5.70. The molecule has 218 valence electrons. The van der Waals surface area contributed by atoms with Gasteiger partial charge in [0.05, 0.1) is 11.4 Å². The molecule has 2 aliphatic rings. The van der Waals surface area contributed by atoms with Crippen molar-refractivity contribution in [1.29, 1.82) is 0 Å². The Morgan fingerprint density at radius 1 is 1.02 bits per heavy atom. The Morgan fingerprint density at radius 2 is 1.76 bits per heavy atom. The SMILES string of the molecule is CN1CCC(N(C)CC=CC(=O)N2CCC(n3nc(-c4ccc(Oc5ccccc5)cc4)c4c(N)ncnc43)C2)CC1. The molecular weight excluding hydrogens is 528 g/mol. The fourth-order valence-corrected chi connectivity index (χ4v) is 5.91. The molecule has 0 aliphatic carbocycles. The number of rotatable bonds is 8. The molecule has 10 nitrogen and oxygen atoms in total. The number of piperidine rings is 1. The molecule has 2 N–H and O–H groups in total. The number of nitrogens with two attached hydrogens (primary N) is 1. The molecule has 2 fully saturated rings. The first-order valence-electron chi connectivity index (χ1n) is 14.6. The van der Waals surface area contributed by atoms with Crippen molar-refractivity contribution < 1.29 is 9.53 Å². The number of likely N-dealkylation sites (N-methyl/N-ethyl adjacent to an activating group) is 1. The molecule has 10 heteroatoms. The predicted octanol–water partition coefficient (Wildman–Crippen LogP) is 4.22. The summed E-state index contributed by atoms with van der Waals surface area (Å²) in [5.41, 5.74) is 8.63. The van der Waals surface area contributed by atoms with Crippen LogP contribution >= 0.6 is 0 Å². The highest BCUT2D eigenvalue weighted by Crippen LogP contribution is 2.35. The van der Waals surface area contributed by atoms with Crippen LogP contribution < -0.4 is 10.5 Å². The van der Waals surface area contributed by atoms with Crippen LogP contribution in [0.15, 0.2) is 73.1 Å². The summed E-state index contributed by atoms with van der Waals surface area (Å²) in [6, 6.07) is 18.0. The lowest BCUT2D eigenvalue weighted by Crippen LogP contribution is -2.41. The van der Waals surface area contributed by atoms with Gasteiger partial charge < -0.3 is 20.3 Å². The van der Waals surface area contributed by atoms with Gasteiger partial charge in [-0.3, -0.25) is 9.69 Å². The average Bonchev–Trinajstić information content (AvgIpc) is 3.65. The average molecular weight is 567 g/mol. The van der Waals surface area contributed by atoms with Gasteiger partial charge >= 0.3 is 0 Å². The second-order valence-corrected chi connectivity index (χ2v) is 11.3. The maximum absolute atomic E-state index is 13.1. The molecule has 0 radical (unpaired) electrons. The van der Waals surface area contributed by atoms with Crippen molar-refractivity contribution in [1.82, 2.24) is 34.4 Å². The molecule has 0 saturated carbocycles. The summed E-state index contributed by atoms with van der Waals surface area (Å²) < 4.78 is 7.87. The maximum atomic E-state index is 13.1. The van der Waals surface area contributed by atoms with Gasteiger partial charge in [0.2, 0.25) is 5.91 Å². The molecule has 42 heavy (non-hydrogen) atoms. The number of para-hydroxylation sites is 1. The minimum absolute atomic E-state index is 0.00418. The number of amides is 1. The first-order valence-corrected chi connectivity index (χ1v) is 14.6. The number of nitrogen functional groups attached to an aromatic ring is 1. The monoisotopic (exact) mass is 566 g/mol. The number of fused-ring (bicyclic) bond motifs is 1. The van der Waals surface area contributed by atoms with Crippen molar-refractivity contribution in [2.45, 2.75) is 31.3 Å². The van der Waals surface area contributed by atoms with E-state index in [1.807, 2.05) is 70.3 Å². The second kappa shape index (κ2) is 12.3. The molecule has 0 bridgehead atoms. The molecular formula is C32H38N8O2. The second-order valence-electron chi connectivity index (χ2n) is 11.3. The molecule has 2 aromatic carbocycles. The molecule has 1 unspecified atom stereocenters. The van der Waals surface area contributed by atoms with Crippen LogP contribution in [0.1, 0.15) is 25.3 Å².